The number of ether oxygens (including phenoxy) is 2. The molecule has 0 aliphatic carbocycles. The average Bonchev–Trinajstić information content (AvgIpc) is 3.05. The molecular weight excluding hydrogens is 286 g/mol. The quantitative estimate of drug-likeness (QED) is 0.787. The van der Waals surface area contributed by atoms with Crippen LogP contribution in [0.3, 0.4) is 0 Å². The second kappa shape index (κ2) is 8.02. The number of hydrogen-bond donors (Lipinski definition) is 2. The van der Waals surface area contributed by atoms with Gasteiger partial charge in [0.2, 0.25) is 0 Å². The van der Waals surface area contributed by atoms with Crippen molar-refractivity contribution in [2.45, 2.75) is 19.1 Å². The monoisotopic (exact) mass is 307 g/mol. The number of nitrogens with one attached hydrogen (secondary N) is 1. The minimum absolute atomic E-state index is 0.227. The van der Waals surface area contributed by atoms with Gasteiger partial charge in [-0.05, 0) is 30.5 Å². The average molecular weight is 307 g/mol. The first-order valence-electron chi connectivity index (χ1n) is 6.91. The maximum absolute atomic E-state index is 10.00. The van der Waals surface area contributed by atoms with Crippen LogP contribution in [0.5, 0.6) is 11.5 Å². The summed E-state index contributed by atoms with van der Waals surface area (Å²) in [5.74, 6) is 1.31. The second-order valence-electron chi connectivity index (χ2n) is 4.76. The van der Waals surface area contributed by atoms with Crippen molar-refractivity contribution < 1.29 is 14.6 Å². The fourth-order valence-electron chi connectivity index (χ4n) is 1.93. The highest BCUT2D eigenvalue weighted by atomic mass is 32.1. The molecule has 1 heterocycles. The van der Waals surface area contributed by atoms with Crippen molar-refractivity contribution in [3.8, 4) is 11.5 Å². The number of thiophene rings is 1. The van der Waals surface area contributed by atoms with Crippen molar-refractivity contribution in [3.63, 3.8) is 0 Å². The van der Waals surface area contributed by atoms with E-state index in [1.54, 1.807) is 18.4 Å². The Morgan fingerprint density at radius 1 is 1.19 bits per heavy atom. The lowest BCUT2D eigenvalue weighted by atomic mass is 10.2. The highest BCUT2D eigenvalue weighted by Crippen LogP contribution is 2.25. The molecule has 2 N–H and O–H groups in total. The SMILES string of the molecule is COc1ccccc1OCC(O)CN[C@H](C)c1cccs1. The van der Waals surface area contributed by atoms with E-state index in [2.05, 4.69) is 23.7 Å². The van der Waals surface area contributed by atoms with Gasteiger partial charge in [-0.2, -0.15) is 0 Å². The molecule has 1 aromatic heterocycles. The van der Waals surface area contributed by atoms with Gasteiger partial charge in [0.05, 0.1) is 7.11 Å². The summed E-state index contributed by atoms with van der Waals surface area (Å²) in [6.07, 6.45) is -0.572. The predicted molar refractivity (Wildman–Crippen MR) is 85.2 cm³/mol. The normalized spacial score (nSPS) is 13.7. The summed E-state index contributed by atoms with van der Waals surface area (Å²) >= 11 is 1.71. The van der Waals surface area contributed by atoms with Crippen LogP contribution in [-0.2, 0) is 0 Å². The Bertz CT molecular complexity index is 530. The Morgan fingerprint density at radius 2 is 1.95 bits per heavy atom. The Balaban J connectivity index is 1.76. The molecule has 0 spiro atoms. The second-order valence-corrected chi connectivity index (χ2v) is 5.74. The van der Waals surface area contributed by atoms with Crippen LogP contribution in [0.4, 0.5) is 0 Å². The van der Waals surface area contributed by atoms with Crippen molar-refractivity contribution in [2.75, 3.05) is 20.3 Å². The molecule has 0 aliphatic rings. The van der Waals surface area contributed by atoms with E-state index in [-0.39, 0.29) is 12.6 Å². The number of hydrogen-bond acceptors (Lipinski definition) is 5. The number of rotatable bonds is 8. The fraction of sp³-hybridized carbons (Fsp3) is 0.375. The van der Waals surface area contributed by atoms with Crippen LogP contribution in [0.25, 0.3) is 0 Å². The van der Waals surface area contributed by atoms with E-state index in [4.69, 9.17) is 9.47 Å². The maximum atomic E-state index is 10.00. The Morgan fingerprint density at radius 3 is 2.62 bits per heavy atom. The fourth-order valence-corrected chi connectivity index (χ4v) is 2.69. The molecule has 4 nitrogen and oxygen atoms in total. The van der Waals surface area contributed by atoms with Crippen LogP contribution in [0.2, 0.25) is 0 Å². The molecule has 114 valence electrons. The summed E-state index contributed by atoms with van der Waals surface area (Å²) in [5.41, 5.74) is 0. The zero-order valence-electron chi connectivity index (χ0n) is 12.3. The first-order chi connectivity index (χ1) is 10.2. The largest absolute Gasteiger partial charge is 0.493 e. The molecule has 2 aromatic rings. The highest BCUT2D eigenvalue weighted by Gasteiger charge is 2.11. The minimum atomic E-state index is -0.572. The summed E-state index contributed by atoms with van der Waals surface area (Å²) in [5, 5.41) is 15.3. The first kappa shape index (κ1) is 15.8. The summed E-state index contributed by atoms with van der Waals surface area (Å²) in [4.78, 5) is 1.26. The van der Waals surface area contributed by atoms with Crippen LogP contribution in [0.15, 0.2) is 41.8 Å². The van der Waals surface area contributed by atoms with Gasteiger partial charge in [-0.15, -0.1) is 11.3 Å². The Hall–Kier alpha value is -1.56. The van der Waals surface area contributed by atoms with Gasteiger partial charge in [-0.3, -0.25) is 0 Å². The molecule has 21 heavy (non-hydrogen) atoms. The first-order valence-corrected chi connectivity index (χ1v) is 7.79. The van der Waals surface area contributed by atoms with Gasteiger partial charge in [0, 0.05) is 17.5 Å². The number of aliphatic hydroxyl groups is 1. The molecule has 0 aliphatic heterocycles. The summed E-state index contributed by atoms with van der Waals surface area (Å²) < 4.78 is 10.8. The lowest BCUT2D eigenvalue weighted by Gasteiger charge is -2.17. The van der Waals surface area contributed by atoms with Crippen LogP contribution >= 0.6 is 11.3 Å². The van der Waals surface area contributed by atoms with Crippen molar-refractivity contribution in [2.24, 2.45) is 0 Å². The van der Waals surface area contributed by atoms with Gasteiger partial charge in [-0.1, -0.05) is 18.2 Å². The minimum Gasteiger partial charge on any atom is -0.493 e. The number of benzene rings is 1. The van der Waals surface area contributed by atoms with E-state index in [9.17, 15) is 5.11 Å². The van der Waals surface area contributed by atoms with Gasteiger partial charge >= 0.3 is 0 Å². The molecule has 1 aromatic carbocycles. The van der Waals surface area contributed by atoms with Crippen LogP contribution in [0, 0.1) is 0 Å². The summed E-state index contributed by atoms with van der Waals surface area (Å²) in [6, 6.07) is 11.8. The number of para-hydroxylation sites is 2. The predicted octanol–water partition coefficient (Wildman–Crippen LogP) is 2.85. The number of methoxy groups -OCH3 is 1. The Labute approximate surface area is 129 Å². The smallest absolute Gasteiger partial charge is 0.161 e. The third kappa shape index (κ3) is 4.74. The third-order valence-corrected chi connectivity index (χ3v) is 4.18. The molecule has 0 radical (unpaired) electrons. The molecule has 0 bridgehead atoms. The van der Waals surface area contributed by atoms with Crippen molar-refractivity contribution >= 4 is 11.3 Å². The van der Waals surface area contributed by atoms with Crippen LogP contribution in [-0.4, -0.2) is 31.5 Å². The van der Waals surface area contributed by atoms with Crippen molar-refractivity contribution in [1.29, 1.82) is 0 Å². The maximum Gasteiger partial charge on any atom is 0.161 e. The topological polar surface area (TPSA) is 50.7 Å². The van der Waals surface area contributed by atoms with Gasteiger partial charge in [0.15, 0.2) is 11.5 Å². The standard InChI is InChI=1S/C16H21NO3S/c1-12(16-8-5-9-21-16)17-10-13(18)11-20-15-7-4-3-6-14(15)19-2/h3-9,12-13,17-18H,10-11H2,1-2H3/t12-,13?/m1/s1. The van der Waals surface area contributed by atoms with E-state index in [0.29, 0.717) is 18.0 Å². The Kier molecular flexibility index (Phi) is 6.04. The van der Waals surface area contributed by atoms with E-state index in [1.807, 2.05) is 30.3 Å². The zero-order valence-corrected chi connectivity index (χ0v) is 13.1. The molecule has 0 amide bonds. The molecule has 2 atom stereocenters. The molecule has 0 saturated heterocycles. The van der Waals surface area contributed by atoms with Crippen LogP contribution < -0.4 is 14.8 Å². The molecular formula is C16H21NO3S. The van der Waals surface area contributed by atoms with Gasteiger partial charge in [0.1, 0.15) is 12.7 Å². The van der Waals surface area contributed by atoms with E-state index in [1.165, 1.54) is 4.88 Å². The molecule has 0 saturated carbocycles. The van der Waals surface area contributed by atoms with Gasteiger partial charge in [0.25, 0.3) is 0 Å². The van der Waals surface area contributed by atoms with E-state index in [0.717, 1.165) is 0 Å². The van der Waals surface area contributed by atoms with E-state index < -0.39 is 6.10 Å². The third-order valence-electron chi connectivity index (χ3n) is 3.13. The van der Waals surface area contributed by atoms with Gasteiger partial charge < -0.3 is 19.9 Å². The molecule has 1 unspecified atom stereocenters. The molecule has 2 rings (SSSR count). The molecule has 5 heteroatoms. The van der Waals surface area contributed by atoms with Crippen LogP contribution in [0.1, 0.15) is 17.8 Å². The number of aliphatic hydroxyl groups excluding tert-OH is 1. The summed E-state index contributed by atoms with van der Waals surface area (Å²) in [6.45, 7) is 2.79. The lowest BCUT2D eigenvalue weighted by molar-refractivity contribution is 0.102. The lowest BCUT2D eigenvalue weighted by Crippen LogP contribution is -2.32. The highest BCUT2D eigenvalue weighted by molar-refractivity contribution is 7.10. The zero-order chi connectivity index (χ0) is 15.1. The van der Waals surface area contributed by atoms with E-state index >= 15 is 0 Å². The summed E-state index contributed by atoms with van der Waals surface area (Å²) in [7, 11) is 1.60. The molecule has 0 fully saturated rings. The van der Waals surface area contributed by atoms with Gasteiger partial charge in [-0.25, -0.2) is 0 Å². The van der Waals surface area contributed by atoms with Crippen molar-refractivity contribution in [1.82, 2.24) is 5.32 Å². The van der Waals surface area contributed by atoms with Crippen molar-refractivity contribution in [3.05, 3.63) is 46.7 Å².